The first-order valence-electron chi connectivity index (χ1n) is 10.7. The minimum atomic E-state index is -1.41. The van der Waals surface area contributed by atoms with Crippen molar-refractivity contribution in [3.63, 3.8) is 0 Å². The molecule has 1 aromatic carbocycles. The van der Waals surface area contributed by atoms with Gasteiger partial charge in [0, 0.05) is 5.56 Å². The van der Waals surface area contributed by atoms with Crippen LogP contribution >= 0.6 is 27.3 Å². The van der Waals surface area contributed by atoms with Crippen molar-refractivity contribution in [2.24, 2.45) is 0 Å². The molecular weight excluding hydrogens is 528 g/mol. The van der Waals surface area contributed by atoms with Crippen LogP contribution in [-0.4, -0.2) is 49.8 Å². The molecule has 1 aliphatic carbocycles. The Morgan fingerprint density at radius 2 is 2.09 bits per heavy atom. The average molecular weight is 548 g/mol. The van der Waals surface area contributed by atoms with Gasteiger partial charge >= 0.3 is 0 Å². The number of aromatic nitrogens is 2. The minimum Gasteiger partial charge on any atom is -0.378 e. The van der Waals surface area contributed by atoms with E-state index in [4.69, 9.17) is 0 Å². The van der Waals surface area contributed by atoms with E-state index in [1.54, 1.807) is 12.1 Å². The molecule has 3 heterocycles. The zero-order valence-corrected chi connectivity index (χ0v) is 20.6. The van der Waals surface area contributed by atoms with Crippen molar-refractivity contribution in [1.82, 2.24) is 14.5 Å². The largest absolute Gasteiger partial charge is 0.378 e. The van der Waals surface area contributed by atoms with Crippen LogP contribution in [0.1, 0.15) is 31.1 Å². The quantitative estimate of drug-likeness (QED) is 0.505. The molecule has 0 unspecified atom stereocenters. The number of hydrogen-bond donors (Lipinski definition) is 1. The maximum absolute atomic E-state index is 13.9. The molecule has 1 saturated carbocycles. The number of aliphatic hydroxyl groups is 1. The lowest BCUT2D eigenvalue weighted by Gasteiger charge is -2.42. The Kier molecular flexibility index (Phi) is 5.62. The Labute approximate surface area is 206 Å². The van der Waals surface area contributed by atoms with Gasteiger partial charge in [-0.25, -0.2) is 13.8 Å². The second-order valence-corrected chi connectivity index (χ2v) is 10.9. The fourth-order valence-corrected chi connectivity index (χ4v) is 5.52. The van der Waals surface area contributed by atoms with Crippen molar-refractivity contribution in [3.05, 3.63) is 50.0 Å². The third-order valence-corrected chi connectivity index (χ3v) is 7.80. The van der Waals surface area contributed by atoms with E-state index in [0.717, 1.165) is 6.42 Å². The van der Waals surface area contributed by atoms with Crippen molar-refractivity contribution >= 4 is 43.4 Å². The highest BCUT2D eigenvalue weighted by molar-refractivity contribution is 9.10. The van der Waals surface area contributed by atoms with Crippen LogP contribution in [-0.2, 0) is 11.3 Å². The van der Waals surface area contributed by atoms with Crippen LogP contribution in [0.15, 0.2) is 33.8 Å². The van der Waals surface area contributed by atoms with E-state index < -0.39 is 22.6 Å². The summed E-state index contributed by atoms with van der Waals surface area (Å²) in [6, 6.07) is 4.40. The fraction of sp³-hybridized carbons (Fsp3) is 0.375. The van der Waals surface area contributed by atoms with Gasteiger partial charge in [0.2, 0.25) is 5.91 Å². The molecule has 0 radical (unpaired) electrons. The maximum Gasteiger partial charge on any atom is 0.263 e. The second-order valence-electron chi connectivity index (χ2n) is 9.09. The number of amides is 1. The van der Waals surface area contributed by atoms with E-state index in [2.05, 4.69) is 32.8 Å². The molecule has 2 aliphatic rings. The van der Waals surface area contributed by atoms with Gasteiger partial charge in [-0.15, -0.1) is 11.3 Å². The first-order chi connectivity index (χ1) is 16.1. The highest BCUT2D eigenvalue weighted by Gasteiger charge is 2.41. The van der Waals surface area contributed by atoms with Crippen LogP contribution in [0.5, 0.6) is 0 Å². The van der Waals surface area contributed by atoms with Crippen LogP contribution < -0.4 is 5.56 Å². The third kappa shape index (κ3) is 4.17. The molecule has 1 N–H and O–H groups in total. The molecule has 6 nitrogen and oxygen atoms in total. The lowest BCUT2D eigenvalue weighted by atomic mass is 9.81. The van der Waals surface area contributed by atoms with Crippen molar-refractivity contribution in [2.45, 2.75) is 44.0 Å². The molecule has 2 aromatic heterocycles. The molecule has 2 fully saturated rings. The summed E-state index contributed by atoms with van der Waals surface area (Å²) < 4.78 is 29.1. The molecule has 1 aliphatic heterocycles. The summed E-state index contributed by atoms with van der Waals surface area (Å²) in [5, 5.41) is 10.7. The van der Waals surface area contributed by atoms with Crippen molar-refractivity contribution in [3.8, 4) is 23.0 Å². The van der Waals surface area contributed by atoms with Crippen LogP contribution in [0.4, 0.5) is 8.78 Å². The number of likely N-dealkylation sites (tertiary alicyclic amines) is 1. The molecule has 176 valence electrons. The van der Waals surface area contributed by atoms with Crippen LogP contribution in [0.25, 0.3) is 21.3 Å². The van der Waals surface area contributed by atoms with E-state index in [1.807, 2.05) is 0 Å². The van der Waals surface area contributed by atoms with Gasteiger partial charge in [0.25, 0.3) is 5.56 Å². The molecule has 34 heavy (non-hydrogen) atoms. The van der Waals surface area contributed by atoms with Gasteiger partial charge in [-0.1, -0.05) is 17.9 Å². The second kappa shape index (κ2) is 8.26. The fourth-order valence-electron chi connectivity index (χ4n) is 4.14. The third-order valence-electron chi connectivity index (χ3n) is 6.18. The van der Waals surface area contributed by atoms with E-state index in [9.17, 15) is 23.5 Å². The Morgan fingerprint density at radius 3 is 2.71 bits per heavy atom. The van der Waals surface area contributed by atoms with Crippen molar-refractivity contribution in [2.75, 3.05) is 13.1 Å². The maximum atomic E-state index is 13.9. The Balaban J connectivity index is 1.61. The summed E-state index contributed by atoms with van der Waals surface area (Å²) in [5.74, 6) is 5.11. The topological polar surface area (TPSA) is 75.4 Å². The summed E-state index contributed by atoms with van der Waals surface area (Å²) in [5.41, 5.74) is -1.85. The number of carbonyl (C=O) groups is 1. The smallest absolute Gasteiger partial charge is 0.263 e. The summed E-state index contributed by atoms with van der Waals surface area (Å²) in [6.45, 7) is 1.15. The van der Waals surface area contributed by atoms with Gasteiger partial charge in [-0.05, 0) is 59.8 Å². The molecule has 0 atom stereocenters. The molecule has 1 saturated heterocycles. The summed E-state index contributed by atoms with van der Waals surface area (Å²) in [6.07, 6.45) is 3.37. The monoisotopic (exact) mass is 547 g/mol. The summed E-state index contributed by atoms with van der Waals surface area (Å²) in [4.78, 5) is 32.7. The van der Waals surface area contributed by atoms with Gasteiger partial charge in [0.05, 0.1) is 34.2 Å². The van der Waals surface area contributed by atoms with Crippen LogP contribution in [0.2, 0.25) is 0 Å². The Bertz CT molecular complexity index is 1440. The Morgan fingerprint density at radius 1 is 1.35 bits per heavy atom. The Hall–Kier alpha value is -2.61. The van der Waals surface area contributed by atoms with Crippen LogP contribution in [0.3, 0.4) is 0 Å². The molecule has 1 amide bonds. The number of fused-ring (bicyclic) bond motifs is 1. The first kappa shape index (κ1) is 23.1. The normalized spacial score (nSPS) is 18.1. The average Bonchev–Trinajstić information content (AvgIpc) is 3.12. The minimum absolute atomic E-state index is 0.00773. The van der Waals surface area contributed by atoms with Gasteiger partial charge in [-0.2, -0.15) is 0 Å². The van der Waals surface area contributed by atoms with E-state index in [0.29, 0.717) is 33.7 Å². The highest BCUT2D eigenvalue weighted by Crippen LogP contribution is 2.38. The molecule has 0 spiro atoms. The van der Waals surface area contributed by atoms with Gasteiger partial charge in [0.1, 0.15) is 28.5 Å². The van der Waals surface area contributed by atoms with Crippen molar-refractivity contribution in [1.29, 1.82) is 0 Å². The SMILES string of the molecule is CC1(F)CN(C(=O)Cn2cnc3sc(C#CC4(O)CCC4)c(-c4ccc(F)c(Br)c4)c3c2=O)C1. The number of thiophene rings is 1. The van der Waals surface area contributed by atoms with Crippen LogP contribution in [0, 0.1) is 17.7 Å². The number of hydrogen-bond acceptors (Lipinski definition) is 5. The van der Waals surface area contributed by atoms with Gasteiger partial charge in [-0.3, -0.25) is 14.2 Å². The lowest BCUT2D eigenvalue weighted by molar-refractivity contribution is -0.144. The lowest BCUT2D eigenvalue weighted by Crippen LogP contribution is -2.60. The molecule has 3 aromatic rings. The zero-order chi connectivity index (χ0) is 24.3. The molecule has 0 bridgehead atoms. The molecule has 10 heteroatoms. The number of nitrogens with zero attached hydrogens (tertiary/aromatic N) is 3. The molecular formula is C24H20BrF2N3O3S. The van der Waals surface area contributed by atoms with Crippen molar-refractivity contribution < 1.29 is 18.7 Å². The predicted molar refractivity (Wildman–Crippen MR) is 129 cm³/mol. The van der Waals surface area contributed by atoms with E-state index in [-0.39, 0.29) is 35.4 Å². The first-order valence-corrected chi connectivity index (χ1v) is 12.4. The summed E-state index contributed by atoms with van der Waals surface area (Å²) in [7, 11) is 0. The predicted octanol–water partition coefficient (Wildman–Crippen LogP) is 3.86. The summed E-state index contributed by atoms with van der Waals surface area (Å²) >= 11 is 4.39. The highest BCUT2D eigenvalue weighted by atomic mass is 79.9. The standard InChI is InChI=1S/C24H20BrF2N3O3S/c1-23(27)11-30(12-23)18(31)10-29-13-28-21-20(22(29)32)19(14-3-4-16(26)15(25)9-14)17(34-21)5-8-24(33)6-2-7-24/h3-4,9,13,33H,2,6-7,10-12H2,1H3. The number of alkyl halides is 1. The molecule has 5 rings (SSSR count). The number of halogens is 3. The van der Waals surface area contributed by atoms with E-state index in [1.165, 1.54) is 40.1 Å². The number of benzene rings is 1. The number of rotatable bonds is 3. The number of carbonyl (C=O) groups excluding carboxylic acids is 1. The zero-order valence-electron chi connectivity index (χ0n) is 18.2. The van der Waals surface area contributed by atoms with Gasteiger partial charge < -0.3 is 10.0 Å². The van der Waals surface area contributed by atoms with Gasteiger partial charge in [0.15, 0.2) is 0 Å². The van der Waals surface area contributed by atoms with E-state index >= 15 is 0 Å².